The van der Waals surface area contributed by atoms with Gasteiger partial charge in [-0.1, -0.05) is 19.9 Å². The first kappa shape index (κ1) is 11.1. The Labute approximate surface area is 82.9 Å². The fourth-order valence-electron chi connectivity index (χ4n) is 1.45. The smallest absolute Gasteiger partial charge is 0.134 e. The van der Waals surface area contributed by atoms with Gasteiger partial charge in [-0.05, 0) is 24.5 Å². The molecule has 1 aromatic rings. The van der Waals surface area contributed by atoms with Crippen LogP contribution in [0.2, 0.25) is 0 Å². The van der Waals surface area contributed by atoms with Gasteiger partial charge in [0.25, 0.3) is 0 Å². The maximum absolute atomic E-state index is 13.7. The lowest BCUT2D eigenvalue weighted by atomic mass is 9.97. The third-order valence-corrected chi connectivity index (χ3v) is 2.23. The van der Waals surface area contributed by atoms with Gasteiger partial charge in [-0.15, -0.1) is 0 Å². The van der Waals surface area contributed by atoms with E-state index in [2.05, 4.69) is 0 Å². The summed E-state index contributed by atoms with van der Waals surface area (Å²) < 4.78 is 26.9. The maximum atomic E-state index is 13.7. The van der Waals surface area contributed by atoms with Crippen LogP contribution in [0.4, 0.5) is 8.78 Å². The van der Waals surface area contributed by atoms with Crippen LogP contribution in [0.1, 0.15) is 43.9 Å². The molecule has 0 aliphatic carbocycles. The van der Waals surface area contributed by atoms with Crippen LogP contribution in [0.25, 0.3) is 0 Å². The van der Waals surface area contributed by atoms with Gasteiger partial charge in [0, 0.05) is 11.6 Å². The summed E-state index contributed by atoms with van der Waals surface area (Å²) in [5, 5.41) is 0. The number of rotatable bonds is 2. The van der Waals surface area contributed by atoms with Crippen molar-refractivity contribution in [3.63, 3.8) is 0 Å². The van der Waals surface area contributed by atoms with Gasteiger partial charge in [0.05, 0.1) is 0 Å². The van der Waals surface area contributed by atoms with Crippen molar-refractivity contribution in [1.29, 1.82) is 0 Å². The molecule has 78 valence electrons. The molecule has 0 saturated carbocycles. The second-order valence-corrected chi connectivity index (χ2v) is 3.81. The Morgan fingerprint density at radius 3 is 2.14 bits per heavy atom. The minimum Gasteiger partial charge on any atom is -0.324 e. The number of hydrogen-bond donors (Lipinski definition) is 1. The lowest BCUT2D eigenvalue weighted by molar-refractivity contribution is 0.522. The molecule has 0 saturated heterocycles. The minimum absolute atomic E-state index is 0.0174. The molecule has 14 heavy (non-hydrogen) atoms. The highest BCUT2D eigenvalue weighted by atomic mass is 19.1. The first-order valence-electron chi connectivity index (χ1n) is 4.68. The zero-order valence-corrected chi connectivity index (χ0v) is 8.64. The fraction of sp³-hybridized carbons (Fsp3) is 0.455. The summed E-state index contributed by atoms with van der Waals surface area (Å²) in [5.74, 6) is -1.04. The second-order valence-electron chi connectivity index (χ2n) is 3.81. The maximum Gasteiger partial charge on any atom is 0.134 e. The van der Waals surface area contributed by atoms with Crippen LogP contribution in [0.3, 0.4) is 0 Å². The zero-order valence-electron chi connectivity index (χ0n) is 8.64. The molecule has 0 amide bonds. The average Bonchev–Trinajstić information content (AvgIpc) is 2.02. The van der Waals surface area contributed by atoms with Crippen LogP contribution >= 0.6 is 0 Å². The van der Waals surface area contributed by atoms with Crippen LogP contribution in [-0.2, 0) is 0 Å². The van der Waals surface area contributed by atoms with Gasteiger partial charge in [-0.3, -0.25) is 0 Å². The van der Waals surface area contributed by atoms with Crippen LogP contribution in [0.5, 0.6) is 0 Å². The molecule has 1 atom stereocenters. The van der Waals surface area contributed by atoms with E-state index in [1.165, 1.54) is 12.1 Å². The van der Waals surface area contributed by atoms with Crippen molar-refractivity contribution in [3.8, 4) is 0 Å². The molecule has 0 fully saturated rings. The van der Waals surface area contributed by atoms with Crippen molar-refractivity contribution in [2.45, 2.75) is 32.7 Å². The Morgan fingerprint density at radius 1 is 1.14 bits per heavy atom. The van der Waals surface area contributed by atoms with Gasteiger partial charge in [0.2, 0.25) is 0 Å². The predicted octanol–water partition coefficient (Wildman–Crippen LogP) is 3.11. The molecular formula is C11H15F2N. The normalized spacial score (nSPS) is 13.4. The average molecular weight is 199 g/mol. The molecule has 1 unspecified atom stereocenters. The summed E-state index contributed by atoms with van der Waals surface area (Å²) in [6.07, 6.45) is 0. The molecule has 0 aliphatic rings. The van der Waals surface area contributed by atoms with Crippen LogP contribution in [-0.4, -0.2) is 0 Å². The Balaban J connectivity index is 3.34. The van der Waals surface area contributed by atoms with Crippen LogP contribution < -0.4 is 5.73 Å². The number of hydrogen-bond acceptors (Lipinski definition) is 1. The van der Waals surface area contributed by atoms with E-state index in [0.717, 1.165) is 0 Å². The molecule has 1 aromatic carbocycles. The Hall–Kier alpha value is -0.960. The first-order valence-corrected chi connectivity index (χ1v) is 4.68. The van der Waals surface area contributed by atoms with Gasteiger partial charge in [0.1, 0.15) is 11.6 Å². The van der Waals surface area contributed by atoms with Crippen molar-refractivity contribution < 1.29 is 8.78 Å². The summed E-state index contributed by atoms with van der Waals surface area (Å²) in [7, 11) is 0. The molecule has 0 bridgehead atoms. The molecule has 1 nitrogen and oxygen atoms in total. The quantitative estimate of drug-likeness (QED) is 0.778. The van der Waals surface area contributed by atoms with Gasteiger partial charge < -0.3 is 5.73 Å². The fourth-order valence-corrected chi connectivity index (χ4v) is 1.45. The number of nitrogens with two attached hydrogens (primary N) is 1. The molecule has 0 radical (unpaired) electrons. The van der Waals surface area contributed by atoms with Gasteiger partial charge in [0.15, 0.2) is 0 Å². The summed E-state index contributed by atoms with van der Waals surface area (Å²) in [6, 6.07) is 2.13. The predicted molar refractivity (Wildman–Crippen MR) is 53.0 cm³/mol. The largest absolute Gasteiger partial charge is 0.324 e. The van der Waals surface area contributed by atoms with Crippen LogP contribution in [0.15, 0.2) is 12.1 Å². The zero-order chi connectivity index (χ0) is 10.9. The number of benzene rings is 1. The standard InChI is InChI=1S/C11H15F2N/c1-6(2)8-4-5-9(12)10(7(3)14)11(8)13/h4-7H,14H2,1-3H3. The monoisotopic (exact) mass is 199 g/mol. The van der Waals surface area contributed by atoms with E-state index in [9.17, 15) is 8.78 Å². The van der Waals surface area contributed by atoms with E-state index in [0.29, 0.717) is 5.56 Å². The molecular weight excluding hydrogens is 184 g/mol. The minimum atomic E-state index is -0.617. The highest BCUT2D eigenvalue weighted by molar-refractivity contribution is 5.31. The van der Waals surface area contributed by atoms with E-state index < -0.39 is 17.7 Å². The van der Waals surface area contributed by atoms with Gasteiger partial charge >= 0.3 is 0 Å². The van der Waals surface area contributed by atoms with Crippen molar-refractivity contribution in [2.75, 3.05) is 0 Å². The molecule has 0 aliphatic heterocycles. The van der Waals surface area contributed by atoms with E-state index in [1.807, 2.05) is 13.8 Å². The van der Waals surface area contributed by atoms with E-state index in [-0.39, 0.29) is 11.5 Å². The molecule has 1 rings (SSSR count). The van der Waals surface area contributed by atoms with Gasteiger partial charge in [-0.2, -0.15) is 0 Å². The third kappa shape index (κ3) is 1.93. The molecule has 0 heterocycles. The molecule has 0 aromatic heterocycles. The summed E-state index contributed by atoms with van der Waals surface area (Å²) in [4.78, 5) is 0. The highest BCUT2D eigenvalue weighted by Crippen LogP contribution is 2.26. The topological polar surface area (TPSA) is 26.0 Å². The van der Waals surface area contributed by atoms with Gasteiger partial charge in [-0.25, -0.2) is 8.78 Å². The molecule has 3 heteroatoms. The number of halogens is 2. The summed E-state index contributed by atoms with van der Waals surface area (Å²) >= 11 is 0. The SMILES string of the molecule is CC(C)c1ccc(F)c(C(C)N)c1F. The molecule has 2 N–H and O–H groups in total. The van der Waals surface area contributed by atoms with Crippen molar-refractivity contribution in [1.82, 2.24) is 0 Å². The van der Waals surface area contributed by atoms with Crippen molar-refractivity contribution in [3.05, 3.63) is 34.9 Å². The lowest BCUT2D eigenvalue weighted by Crippen LogP contribution is -2.12. The van der Waals surface area contributed by atoms with E-state index in [4.69, 9.17) is 5.73 Å². The third-order valence-electron chi connectivity index (χ3n) is 2.23. The Bertz CT molecular complexity index is 332. The second kappa shape index (κ2) is 4.05. The van der Waals surface area contributed by atoms with Crippen LogP contribution in [0, 0.1) is 11.6 Å². The van der Waals surface area contributed by atoms with Crippen molar-refractivity contribution in [2.24, 2.45) is 5.73 Å². The highest BCUT2D eigenvalue weighted by Gasteiger charge is 2.17. The molecule has 0 spiro atoms. The summed E-state index contributed by atoms with van der Waals surface area (Å²) in [5.41, 5.74) is 6.00. The Kier molecular flexibility index (Phi) is 3.21. The Morgan fingerprint density at radius 2 is 1.71 bits per heavy atom. The lowest BCUT2D eigenvalue weighted by Gasteiger charge is -2.14. The van der Waals surface area contributed by atoms with E-state index >= 15 is 0 Å². The van der Waals surface area contributed by atoms with Crippen molar-refractivity contribution >= 4 is 0 Å². The summed E-state index contributed by atoms with van der Waals surface area (Å²) in [6.45, 7) is 5.30. The first-order chi connectivity index (χ1) is 6.45. The van der Waals surface area contributed by atoms with E-state index in [1.54, 1.807) is 6.92 Å².